The number of carbonyl (C=O) groups is 2. The second-order valence-corrected chi connectivity index (χ2v) is 11.7. The molecule has 5 N–H and O–H groups in total. The largest absolute Gasteiger partial charge is 0.496 e. The number of nitrogens with two attached hydrogens (primary N) is 1. The normalized spacial score (nSPS) is 14.1. The number of benzene rings is 3. The Kier molecular flexibility index (Phi) is 9.15. The van der Waals surface area contributed by atoms with Gasteiger partial charge in [-0.2, -0.15) is 18.3 Å². The Morgan fingerprint density at radius 1 is 1.09 bits per heavy atom. The number of amides is 2. The summed E-state index contributed by atoms with van der Waals surface area (Å²) in [6.07, 6.45) is -4.34. The monoisotopic (exact) mass is 629 g/mol. The van der Waals surface area contributed by atoms with Gasteiger partial charge in [0.25, 0.3) is 5.91 Å². The first-order valence-electron chi connectivity index (χ1n) is 14.0. The third-order valence-electron chi connectivity index (χ3n) is 7.71. The van der Waals surface area contributed by atoms with Gasteiger partial charge in [-0.15, -0.1) is 0 Å². The molecule has 0 aliphatic heterocycles. The van der Waals surface area contributed by atoms with Crippen LogP contribution >= 0.6 is 0 Å². The number of hydrogen-bond donors (Lipinski definition) is 4. The lowest BCUT2D eigenvalue weighted by molar-refractivity contribution is -0.260. The van der Waals surface area contributed by atoms with E-state index < -0.39 is 53.8 Å². The summed E-state index contributed by atoms with van der Waals surface area (Å²) < 4.78 is 64.3. The fraction of sp³-hybridized carbons (Fsp3) is 0.344. The number of aliphatic hydroxyl groups is 1. The standard InChI is InChI=1S/C32H35F4N5O4/c1-18-12-25(38-17-31(44,32(34,35)36)16-30(3,4)24-14-21(33)8-11-27(24)45-5)23-15-39-41(26(23)13-18)22-9-6-20(7-10-22)29(43)40-19(2)28(37)42/h6-15,19,38,44H,16-17H2,1-5H3,(H2,37,42)(H,40,43)/t19-,31?/m0/s1. The molecule has 240 valence electrons. The number of methoxy groups -OCH3 is 1. The zero-order valence-electron chi connectivity index (χ0n) is 25.4. The molecular formula is C32H35F4N5O4. The molecule has 0 radical (unpaired) electrons. The van der Waals surface area contributed by atoms with E-state index in [0.717, 1.165) is 12.1 Å². The SMILES string of the molecule is COc1ccc(F)cc1C(C)(C)CC(O)(CNc1cc(C)cc2c1cnn2-c1ccc(C(=O)N[C@@H](C)C(N)=O)cc1)C(F)(F)F. The third kappa shape index (κ3) is 7.03. The topological polar surface area (TPSA) is 132 Å². The van der Waals surface area contributed by atoms with Crippen LogP contribution in [0.25, 0.3) is 16.6 Å². The fourth-order valence-electron chi connectivity index (χ4n) is 5.26. The first-order chi connectivity index (χ1) is 21.0. The second-order valence-electron chi connectivity index (χ2n) is 11.7. The van der Waals surface area contributed by atoms with E-state index >= 15 is 0 Å². The minimum absolute atomic E-state index is 0.192. The minimum atomic E-state index is -5.03. The first kappa shape index (κ1) is 33.2. The molecule has 0 aliphatic rings. The van der Waals surface area contributed by atoms with Crippen LogP contribution in [-0.2, 0) is 10.2 Å². The molecule has 1 heterocycles. The number of fused-ring (bicyclic) bond motifs is 1. The van der Waals surface area contributed by atoms with E-state index in [-0.39, 0.29) is 16.9 Å². The van der Waals surface area contributed by atoms with Crippen molar-refractivity contribution >= 4 is 28.4 Å². The van der Waals surface area contributed by atoms with Crippen molar-refractivity contribution in [3.63, 3.8) is 0 Å². The Balaban J connectivity index is 1.62. The molecule has 0 aliphatic carbocycles. The number of ether oxygens (including phenoxy) is 1. The summed E-state index contributed by atoms with van der Waals surface area (Å²) in [6, 6.07) is 12.6. The Morgan fingerprint density at radius 2 is 1.76 bits per heavy atom. The van der Waals surface area contributed by atoms with Gasteiger partial charge < -0.3 is 26.2 Å². The number of aryl methyl sites for hydroxylation is 1. The van der Waals surface area contributed by atoms with Crippen LogP contribution in [0.2, 0.25) is 0 Å². The van der Waals surface area contributed by atoms with Crippen molar-refractivity contribution in [1.29, 1.82) is 0 Å². The van der Waals surface area contributed by atoms with Gasteiger partial charge in [-0.3, -0.25) is 9.59 Å². The van der Waals surface area contributed by atoms with Gasteiger partial charge in [-0.25, -0.2) is 9.07 Å². The number of nitrogens with one attached hydrogen (secondary N) is 2. The van der Waals surface area contributed by atoms with Crippen molar-refractivity contribution in [2.75, 3.05) is 19.0 Å². The number of hydrogen-bond acceptors (Lipinski definition) is 6. The molecule has 45 heavy (non-hydrogen) atoms. The van der Waals surface area contributed by atoms with Gasteiger partial charge in [0.05, 0.1) is 31.1 Å². The molecule has 9 nitrogen and oxygen atoms in total. The predicted octanol–water partition coefficient (Wildman–Crippen LogP) is 5.16. The highest BCUT2D eigenvalue weighted by molar-refractivity contribution is 5.97. The van der Waals surface area contributed by atoms with Crippen LogP contribution in [-0.4, -0.2) is 58.2 Å². The van der Waals surface area contributed by atoms with Gasteiger partial charge in [0.2, 0.25) is 5.91 Å². The minimum Gasteiger partial charge on any atom is -0.496 e. The average Bonchev–Trinajstić information content (AvgIpc) is 3.39. The molecule has 3 aromatic carbocycles. The number of anilines is 1. The molecular weight excluding hydrogens is 594 g/mol. The summed E-state index contributed by atoms with van der Waals surface area (Å²) in [5, 5.41) is 21.3. The van der Waals surface area contributed by atoms with Gasteiger partial charge in [0.15, 0.2) is 5.60 Å². The number of carbonyl (C=O) groups excluding carboxylic acids is 2. The molecule has 2 amide bonds. The van der Waals surface area contributed by atoms with E-state index in [1.165, 1.54) is 40.1 Å². The summed E-state index contributed by atoms with van der Waals surface area (Å²) in [7, 11) is 1.34. The second kappa shape index (κ2) is 12.4. The first-order valence-corrected chi connectivity index (χ1v) is 14.0. The summed E-state index contributed by atoms with van der Waals surface area (Å²) >= 11 is 0. The number of halogens is 4. The zero-order valence-corrected chi connectivity index (χ0v) is 25.4. The molecule has 0 bridgehead atoms. The summed E-state index contributed by atoms with van der Waals surface area (Å²) in [4.78, 5) is 23.7. The van der Waals surface area contributed by atoms with E-state index in [4.69, 9.17) is 10.5 Å². The highest BCUT2D eigenvalue weighted by Gasteiger charge is 2.56. The van der Waals surface area contributed by atoms with Crippen LogP contribution in [0.1, 0.15) is 48.7 Å². The van der Waals surface area contributed by atoms with Crippen LogP contribution < -0.4 is 21.1 Å². The van der Waals surface area contributed by atoms with Gasteiger partial charge in [-0.05, 0) is 85.8 Å². The maximum atomic E-state index is 14.5. The number of alkyl halides is 3. The zero-order chi connectivity index (χ0) is 33.3. The quantitative estimate of drug-likeness (QED) is 0.170. The van der Waals surface area contributed by atoms with Crippen LogP contribution in [0.3, 0.4) is 0 Å². The molecule has 4 aromatic rings. The third-order valence-corrected chi connectivity index (χ3v) is 7.71. The lowest BCUT2D eigenvalue weighted by Crippen LogP contribution is -2.53. The van der Waals surface area contributed by atoms with Gasteiger partial charge in [0, 0.05) is 22.2 Å². The van der Waals surface area contributed by atoms with Crippen molar-refractivity contribution in [3.05, 3.63) is 83.3 Å². The van der Waals surface area contributed by atoms with Gasteiger partial charge in [0.1, 0.15) is 17.6 Å². The molecule has 0 spiro atoms. The number of rotatable bonds is 11. The summed E-state index contributed by atoms with van der Waals surface area (Å²) in [5.41, 5.74) is 3.30. The van der Waals surface area contributed by atoms with Crippen molar-refractivity contribution in [2.24, 2.45) is 5.73 Å². The summed E-state index contributed by atoms with van der Waals surface area (Å²) in [5.74, 6) is -1.59. The molecule has 0 saturated carbocycles. The average molecular weight is 630 g/mol. The number of primary amides is 1. The fourth-order valence-corrected chi connectivity index (χ4v) is 5.26. The van der Waals surface area contributed by atoms with E-state index in [1.807, 2.05) is 0 Å². The van der Waals surface area contributed by atoms with Crippen molar-refractivity contribution in [3.8, 4) is 11.4 Å². The lowest BCUT2D eigenvalue weighted by atomic mass is 9.74. The number of aromatic nitrogens is 2. The predicted molar refractivity (Wildman–Crippen MR) is 162 cm³/mol. The maximum Gasteiger partial charge on any atom is 0.418 e. The smallest absolute Gasteiger partial charge is 0.418 e. The highest BCUT2D eigenvalue weighted by Crippen LogP contribution is 2.44. The molecule has 4 rings (SSSR count). The Bertz CT molecular complexity index is 1720. The van der Waals surface area contributed by atoms with Gasteiger partial charge >= 0.3 is 6.18 Å². The molecule has 0 saturated heterocycles. The van der Waals surface area contributed by atoms with Crippen molar-refractivity contribution < 1.29 is 37.0 Å². The maximum absolute atomic E-state index is 14.5. The van der Waals surface area contributed by atoms with E-state index in [0.29, 0.717) is 27.8 Å². The summed E-state index contributed by atoms with van der Waals surface area (Å²) in [6.45, 7) is 5.32. The van der Waals surface area contributed by atoms with Crippen molar-refractivity contribution in [2.45, 2.75) is 57.3 Å². The number of nitrogens with zero attached hydrogens (tertiary/aromatic N) is 2. The van der Waals surface area contributed by atoms with Crippen LogP contribution in [0.4, 0.5) is 23.2 Å². The Hall–Kier alpha value is -4.65. The molecule has 2 atom stereocenters. The molecule has 1 aromatic heterocycles. The van der Waals surface area contributed by atoms with Crippen molar-refractivity contribution in [1.82, 2.24) is 15.1 Å². The van der Waals surface area contributed by atoms with E-state index in [9.17, 15) is 32.3 Å². The highest BCUT2D eigenvalue weighted by atomic mass is 19.4. The van der Waals surface area contributed by atoms with Crippen LogP contribution in [0.5, 0.6) is 5.75 Å². The Morgan fingerprint density at radius 3 is 2.36 bits per heavy atom. The van der Waals surface area contributed by atoms with E-state index in [2.05, 4.69) is 15.7 Å². The molecule has 1 unspecified atom stereocenters. The van der Waals surface area contributed by atoms with Crippen LogP contribution in [0, 0.1) is 12.7 Å². The van der Waals surface area contributed by atoms with E-state index in [1.54, 1.807) is 48.0 Å². The lowest BCUT2D eigenvalue weighted by Gasteiger charge is -2.38. The molecule has 0 fully saturated rings. The van der Waals surface area contributed by atoms with Crippen LogP contribution in [0.15, 0.2) is 60.8 Å². The Labute approximate surface area is 257 Å². The van der Waals surface area contributed by atoms with Gasteiger partial charge in [-0.1, -0.05) is 13.8 Å². The molecule has 13 heteroatoms.